The zero-order valence-corrected chi connectivity index (χ0v) is 24.2. The summed E-state index contributed by atoms with van der Waals surface area (Å²) in [5.41, 5.74) is 4.25. The lowest BCUT2D eigenvalue weighted by Crippen LogP contribution is -2.46. The molecule has 2 spiro atoms. The number of ketones is 1. The van der Waals surface area contributed by atoms with E-state index in [2.05, 4.69) is 55.4 Å². The molecule has 5 saturated carbocycles. The lowest BCUT2D eigenvalue weighted by molar-refractivity contribution is -0.118. The van der Waals surface area contributed by atoms with E-state index in [9.17, 15) is 4.79 Å². The van der Waals surface area contributed by atoms with Crippen LogP contribution in [0.1, 0.15) is 113 Å². The van der Waals surface area contributed by atoms with Gasteiger partial charge in [0.05, 0.1) is 5.60 Å². The zero-order chi connectivity index (χ0) is 25.3. The first kappa shape index (κ1) is 24.7. The van der Waals surface area contributed by atoms with E-state index in [0.29, 0.717) is 51.1 Å². The Kier molecular flexibility index (Phi) is 5.13. The maximum atomic E-state index is 14.2. The van der Waals surface area contributed by atoms with Crippen LogP contribution in [0.15, 0.2) is 11.1 Å². The van der Waals surface area contributed by atoms with Gasteiger partial charge in [-0.1, -0.05) is 47.1 Å². The molecule has 6 aliphatic rings. The fourth-order valence-corrected chi connectivity index (χ4v) is 12.6. The quantitative estimate of drug-likeness (QED) is 0.405. The van der Waals surface area contributed by atoms with Crippen molar-refractivity contribution in [1.29, 1.82) is 0 Å². The molecule has 0 aromatic rings. The van der Waals surface area contributed by atoms with Gasteiger partial charge in [0.1, 0.15) is 0 Å². The van der Waals surface area contributed by atoms with Crippen LogP contribution in [-0.4, -0.2) is 18.5 Å². The largest absolute Gasteiger partial charge is 0.378 e. The van der Waals surface area contributed by atoms with Crippen molar-refractivity contribution in [3.05, 3.63) is 11.1 Å². The van der Waals surface area contributed by atoms with Gasteiger partial charge < -0.3 is 4.74 Å². The Labute approximate surface area is 215 Å². The molecule has 4 bridgehead atoms. The lowest BCUT2D eigenvalue weighted by Gasteiger charge is -2.47. The molecule has 2 nitrogen and oxygen atoms in total. The van der Waals surface area contributed by atoms with Crippen molar-refractivity contribution >= 4 is 5.78 Å². The van der Waals surface area contributed by atoms with Crippen LogP contribution in [0, 0.1) is 63.1 Å². The van der Waals surface area contributed by atoms with E-state index in [1.807, 2.05) is 7.11 Å². The topological polar surface area (TPSA) is 26.3 Å². The summed E-state index contributed by atoms with van der Waals surface area (Å²) in [5, 5.41) is 0. The predicted octanol–water partition coefficient (Wildman–Crippen LogP) is 8.25. The number of methoxy groups -OCH3 is 1. The molecule has 0 radical (unpaired) electrons. The second-order valence-corrected chi connectivity index (χ2v) is 16.0. The molecule has 0 aromatic carbocycles. The first-order valence-corrected chi connectivity index (χ1v) is 15.0. The van der Waals surface area contributed by atoms with Gasteiger partial charge in [-0.2, -0.15) is 0 Å². The molecule has 5 unspecified atom stereocenters. The standard InChI is InChI=1S/C33H52O2/c1-19-10-11-26-29(4,5)24-17-33(19,26)16-23(20(24)2)25(34)14-22-15-27-30(6,7)28-18-32(27,21(22)3)13-12-31(28,8)35-9/h19,21-22,24,26-28H,10-18H2,1-9H3/t19-,21?,22?,24+,26+,27?,28?,31-,32?,33+/m1/s1. The number of carbonyl (C=O) groups is 1. The van der Waals surface area contributed by atoms with E-state index in [-0.39, 0.29) is 5.60 Å². The molecule has 0 N–H and O–H groups in total. The van der Waals surface area contributed by atoms with Crippen molar-refractivity contribution in [2.24, 2.45) is 63.1 Å². The summed E-state index contributed by atoms with van der Waals surface area (Å²) in [6.07, 6.45) is 11.0. The van der Waals surface area contributed by atoms with Gasteiger partial charge in [0, 0.05) is 13.5 Å². The smallest absolute Gasteiger partial charge is 0.159 e. The second-order valence-electron chi connectivity index (χ2n) is 16.0. The first-order valence-electron chi connectivity index (χ1n) is 15.0. The van der Waals surface area contributed by atoms with Crippen LogP contribution in [0.2, 0.25) is 0 Å². The second kappa shape index (κ2) is 7.27. The highest BCUT2D eigenvalue weighted by atomic mass is 16.5. The molecule has 0 aromatic heterocycles. The van der Waals surface area contributed by atoms with Crippen LogP contribution < -0.4 is 0 Å². The van der Waals surface area contributed by atoms with E-state index in [0.717, 1.165) is 30.6 Å². The summed E-state index contributed by atoms with van der Waals surface area (Å²) in [4.78, 5) is 14.2. The number of rotatable bonds is 4. The number of allylic oxidation sites excluding steroid dienone is 2. The van der Waals surface area contributed by atoms with Crippen molar-refractivity contribution in [2.45, 2.75) is 119 Å². The minimum absolute atomic E-state index is 0.0219. The SMILES string of the molecule is CO[C@]1(C)CCC23CC1C(C)(C)C2CC(CC(=O)C1=C(C)[C@@H]2C[C@@]4(C1)[C@H](C)CC[C@H]4C2(C)C)C3C. The average molecular weight is 481 g/mol. The molecule has 0 heterocycles. The third kappa shape index (κ3) is 2.85. The van der Waals surface area contributed by atoms with Crippen molar-refractivity contribution in [1.82, 2.24) is 0 Å². The normalized spacial score (nSPS) is 53.1. The Morgan fingerprint density at radius 2 is 1.63 bits per heavy atom. The Balaban J connectivity index is 1.26. The van der Waals surface area contributed by atoms with Gasteiger partial charge in [0.15, 0.2) is 5.78 Å². The zero-order valence-electron chi connectivity index (χ0n) is 24.2. The van der Waals surface area contributed by atoms with Crippen LogP contribution >= 0.6 is 0 Å². The van der Waals surface area contributed by atoms with E-state index < -0.39 is 0 Å². The van der Waals surface area contributed by atoms with E-state index in [1.54, 1.807) is 0 Å². The Morgan fingerprint density at radius 3 is 2.31 bits per heavy atom. The van der Waals surface area contributed by atoms with Crippen LogP contribution in [0.4, 0.5) is 0 Å². The van der Waals surface area contributed by atoms with Crippen molar-refractivity contribution in [3.8, 4) is 0 Å². The van der Waals surface area contributed by atoms with Gasteiger partial charge >= 0.3 is 0 Å². The van der Waals surface area contributed by atoms with Crippen LogP contribution in [0.5, 0.6) is 0 Å². The minimum atomic E-state index is 0.0219. The summed E-state index contributed by atoms with van der Waals surface area (Å²) < 4.78 is 6.15. The maximum absolute atomic E-state index is 14.2. The summed E-state index contributed by atoms with van der Waals surface area (Å²) >= 11 is 0. The Morgan fingerprint density at radius 1 is 0.914 bits per heavy atom. The lowest BCUT2D eigenvalue weighted by atomic mass is 9.62. The molecule has 6 rings (SSSR count). The van der Waals surface area contributed by atoms with Gasteiger partial charge in [-0.05, 0) is 134 Å². The maximum Gasteiger partial charge on any atom is 0.159 e. The third-order valence-electron chi connectivity index (χ3n) is 14.7. The molecule has 0 aliphatic heterocycles. The molecule has 0 saturated heterocycles. The number of ether oxygens (including phenoxy) is 1. The Bertz CT molecular complexity index is 972. The monoisotopic (exact) mass is 480 g/mol. The van der Waals surface area contributed by atoms with Gasteiger partial charge in [-0.15, -0.1) is 0 Å². The van der Waals surface area contributed by atoms with Crippen LogP contribution in [-0.2, 0) is 9.53 Å². The molecule has 5 fully saturated rings. The minimum Gasteiger partial charge on any atom is -0.378 e. The molecule has 2 heteroatoms. The summed E-state index contributed by atoms with van der Waals surface area (Å²) in [6.45, 7) is 19.8. The fraction of sp³-hybridized carbons (Fsp3) is 0.909. The molecule has 6 aliphatic carbocycles. The fourth-order valence-electron chi connectivity index (χ4n) is 12.6. The van der Waals surface area contributed by atoms with E-state index in [4.69, 9.17) is 4.74 Å². The van der Waals surface area contributed by atoms with Gasteiger partial charge in [0.2, 0.25) is 0 Å². The van der Waals surface area contributed by atoms with Gasteiger partial charge in [-0.3, -0.25) is 4.79 Å². The first-order chi connectivity index (χ1) is 16.2. The molecule has 35 heavy (non-hydrogen) atoms. The van der Waals surface area contributed by atoms with Crippen LogP contribution in [0.25, 0.3) is 0 Å². The molecular weight excluding hydrogens is 428 g/mol. The summed E-state index contributed by atoms with van der Waals surface area (Å²) in [6, 6.07) is 0. The predicted molar refractivity (Wildman–Crippen MR) is 143 cm³/mol. The number of carbonyl (C=O) groups excluding carboxylic acids is 1. The third-order valence-corrected chi connectivity index (χ3v) is 14.7. The number of hydrogen-bond donors (Lipinski definition) is 0. The summed E-state index contributed by atoms with van der Waals surface area (Å²) in [7, 11) is 1.93. The van der Waals surface area contributed by atoms with Gasteiger partial charge in [0.25, 0.3) is 0 Å². The van der Waals surface area contributed by atoms with E-state index in [1.165, 1.54) is 56.1 Å². The van der Waals surface area contributed by atoms with Crippen LogP contribution in [0.3, 0.4) is 0 Å². The van der Waals surface area contributed by atoms with Crippen molar-refractivity contribution in [2.75, 3.05) is 7.11 Å². The van der Waals surface area contributed by atoms with E-state index >= 15 is 0 Å². The molecule has 0 amide bonds. The number of Topliss-reactive ketones (excluding diaryl/α,β-unsaturated/α-hetero) is 1. The highest BCUT2D eigenvalue weighted by molar-refractivity contribution is 5.96. The Hall–Kier alpha value is -0.630. The number of hydrogen-bond acceptors (Lipinski definition) is 2. The molecule has 196 valence electrons. The molecule has 10 atom stereocenters. The van der Waals surface area contributed by atoms with Crippen molar-refractivity contribution < 1.29 is 9.53 Å². The molecular formula is C33H52O2. The van der Waals surface area contributed by atoms with Crippen molar-refractivity contribution in [3.63, 3.8) is 0 Å². The summed E-state index contributed by atoms with van der Waals surface area (Å²) in [5.74, 6) is 5.30. The number of fused-ring (bicyclic) bond motifs is 2. The van der Waals surface area contributed by atoms with Gasteiger partial charge in [-0.25, -0.2) is 0 Å². The average Bonchev–Trinajstić information content (AvgIpc) is 3.39. The highest BCUT2D eigenvalue weighted by Gasteiger charge is 2.70. The highest BCUT2D eigenvalue weighted by Crippen LogP contribution is 2.76.